The quantitative estimate of drug-likeness (QED) is 0.207. The molecule has 2 amide bonds. The SMILES string of the molecule is CCCNC(=O)[C@H](Cc1ccccc1)N(Cc1ccccc1)C(=O)COc1ccc(S(=O)(=O)Nc2ccc(F)cc2)cc1. The molecule has 224 valence electrons. The fourth-order valence-electron chi connectivity index (χ4n) is 4.38. The van der Waals surface area contributed by atoms with Gasteiger partial charge in [0.2, 0.25) is 5.91 Å². The number of anilines is 1. The van der Waals surface area contributed by atoms with Crippen molar-refractivity contribution in [1.82, 2.24) is 10.2 Å². The molecule has 2 N–H and O–H groups in total. The summed E-state index contributed by atoms with van der Waals surface area (Å²) in [5.41, 5.74) is 2.00. The van der Waals surface area contributed by atoms with E-state index < -0.39 is 27.8 Å². The first kappa shape index (κ1) is 31.2. The van der Waals surface area contributed by atoms with Crippen LogP contribution in [0.3, 0.4) is 0 Å². The standard InChI is InChI=1S/C33H34FN3O5S/c1-2-21-35-33(39)31(22-25-9-5-3-6-10-25)37(23-26-11-7-4-8-12-26)32(38)24-42-29-17-19-30(20-18-29)43(40,41)36-28-15-13-27(34)14-16-28/h3-20,31,36H,2,21-24H2,1H3,(H,35,39)/t31-/m0/s1. The zero-order valence-corrected chi connectivity index (χ0v) is 24.6. The molecule has 43 heavy (non-hydrogen) atoms. The minimum atomic E-state index is -3.93. The van der Waals surface area contributed by atoms with E-state index in [0.29, 0.717) is 13.0 Å². The van der Waals surface area contributed by atoms with Crippen LogP contribution in [0.2, 0.25) is 0 Å². The fourth-order valence-corrected chi connectivity index (χ4v) is 5.43. The van der Waals surface area contributed by atoms with Gasteiger partial charge in [0.05, 0.1) is 4.90 Å². The summed E-state index contributed by atoms with van der Waals surface area (Å²) in [7, 11) is -3.93. The number of hydrogen-bond donors (Lipinski definition) is 2. The molecular weight excluding hydrogens is 569 g/mol. The Hall–Kier alpha value is -4.70. The molecule has 0 spiro atoms. The van der Waals surface area contributed by atoms with E-state index in [2.05, 4.69) is 10.0 Å². The third kappa shape index (κ3) is 9.14. The van der Waals surface area contributed by atoms with Crippen LogP contribution in [-0.4, -0.2) is 44.3 Å². The topological polar surface area (TPSA) is 105 Å². The summed E-state index contributed by atoms with van der Waals surface area (Å²) in [5, 5.41) is 2.93. The number of sulfonamides is 1. The van der Waals surface area contributed by atoms with Crippen LogP contribution in [0.4, 0.5) is 10.1 Å². The Morgan fingerprint density at radius 2 is 1.44 bits per heavy atom. The number of amides is 2. The number of carbonyl (C=O) groups excluding carboxylic acids is 2. The lowest BCUT2D eigenvalue weighted by atomic mass is 10.0. The third-order valence-corrected chi connectivity index (χ3v) is 8.01. The first-order valence-electron chi connectivity index (χ1n) is 13.9. The maximum atomic E-state index is 13.7. The molecule has 0 aromatic heterocycles. The van der Waals surface area contributed by atoms with Gasteiger partial charge in [0, 0.05) is 25.2 Å². The van der Waals surface area contributed by atoms with Gasteiger partial charge >= 0.3 is 0 Å². The highest BCUT2D eigenvalue weighted by atomic mass is 32.2. The minimum absolute atomic E-state index is 0.0308. The second kappa shape index (κ2) is 15.0. The fraction of sp³-hybridized carbons (Fsp3) is 0.212. The first-order valence-corrected chi connectivity index (χ1v) is 15.4. The molecule has 0 saturated heterocycles. The molecule has 4 aromatic rings. The lowest BCUT2D eigenvalue weighted by Crippen LogP contribution is -2.51. The van der Waals surface area contributed by atoms with Gasteiger partial charge < -0.3 is 15.0 Å². The Balaban J connectivity index is 1.50. The highest BCUT2D eigenvalue weighted by Crippen LogP contribution is 2.21. The van der Waals surface area contributed by atoms with Crippen LogP contribution in [0.1, 0.15) is 24.5 Å². The molecule has 4 rings (SSSR count). The maximum absolute atomic E-state index is 13.7. The summed E-state index contributed by atoms with van der Waals surface area (Å²) >= 11 is 0. The molecule has 0 fully saturated rings. The summed E-state index contributed by atoms with van der Waals surface area (Å²) in [6.45, 7) is 2.28. The Morgan fingerprint density at radius 1 is 0.837 bits per heavy atom. The molecule has 0 heterocycles. The maximum Gasteiger partial charge on any atom is 0.261 e. The average Bonchev–Trinajstić information content (AvgIpc) is 3.02. The Kier molecular flexibility index (Phi) is 10.9. The van der Waals surface area contributed by atoms with E-state index in [1.54, 1.807) is 0 Å². The second-order valence-corrected chi connectivity index (χ2v) is 11.6. The van der Waals surface area contributed by atoms with Gasteiger partial charge in [-0.15, -0.1) is 0 Å². The number of benzene rings is 4. The van der Waals surface area contributed by atoms with E-state index in [0.717, 1.165) is 29.7 Å². The summed E-state index contributed by atoms with van der Waals surface area (Å²) in [6.07, 6.45) is 1.08. The van der Waals surface area contributed by atoms with E-state index in [-0.39, 0.29) is 35.4 Å². The van der Waals surface area contributed by atoms with Gasteiger partial charge in [-0.1, -0.05) is 67.6 Å². The molecule has 1 atom stereocenters. The smallest absolute Gasteiger partial charge is 0.261 e. The number of nitrogens with zero attached hydrogens (tertiary/aromatic N) is 1. The van der Waals surface area contributed by atoms with Crippen LogP contribution in [0.5, 0.6) is 5.75 Å². The molecule has 10 heteroatoms. The Labute approximate surface area is 251 Å². The lowest BCUT2D eigenvalue weighted by Gasteiger charge is -2.31. The van der Waals surface area contributed by atoms with E-state index in [4.69, 9.17) is 4.74 Å². The molecule has 0 aliphatic heterocycles. The summed E-state index contributed by atoms with van der Waals surface area (Å²) < 4.78 is 46.8. The van der Waals surface area contributed by atoms with E-state index in [1.807, 2.05) is 67.6 Å². The molecule has 0 bridgehead atoms. The van der Waals surface area contributed by atoms with Gasteiger partial charge in [0.1, 0.15) is 17.6 Å². The average molecular weight is 604 g/mol. The van der Waals surface area contributed by atoms with Crippen LogP contribution in [-0.2, 0) is 32.6 Å². The third-order valence-electron chi connectivity index (χ3n) is 6.61. The van der Waals surface area contributed by atoms with Crippen molar-refractivity contribution in [2.45, 2.75) is 37.2 Å². The zero-order chi connectivity index (χ0) is 30.7. The summed E-state index contributed by atoms with van der Waals surface area (Å²) in [5.74, 6) is -0.845. The number of nitrogens with one attached hydrogen (secondary N) is 2. The number of carbonyl (C=O) groups is 2. The van der Waals surface area contributed by atoms with Crippen molar-refractivity contribution in [2.75, 3.05) is 17.9 Å². The lowest BCUT2D eigenvalue weighted by molar-refractivity contribution is -0.142. The Morgan fingerprint density at radius 3 is 2.05 bits per heavy atom. The normalized spacial score (nSPS) is 11.8. The molecule has 0 unspecified atom stereocenters. The van der Waals surface area contributed by atoms with E-state index in [9.17, 15) is 22.4 Å². The van der Waals surface area contributed by atoms with Crippen molar-refractivity contribution in [1.29, 1.82) is 0 Å². The van der Waals surface area contributed by atoms with Crippen molar-refractivity contribution in [3.8, 4) is 5.75 Å². The number of ether oxygens (including phenoxy) is 1. The molecule has 0 aliphatic carbocycles. The minimum Gasteiger partial charge on any atom is -0.484 e. The van der Waals surface area contributed by atoms with Crippen LogP contribution in [0.15, 0.2) is 114 Å². The highest BCUT2D eigenvalue weighted by molar-refractivity contribution is 7.92. The first-order chi connectivity index (χ1) is 20.7. The molecule has 4 aromatic carbocycles. The van der Waals surface area contributed by atoms with E-state index in [1.165, 1.54) is 41.3 Å². The molecular formula is C33H34FN3O5S. The molecule has 0 saturated carbocycles. The summed E-state index contributed by atoms with van der Waals surface area (Å²) in [6, 6.07) is 28.7. The molecule has 0 aliphatic rings. The Bertz CT molecular complexity index is 1580. The van der Waals surface area contributed by atoms with Crippen LogP contribution in [0, 0.1) is 5.82 Å². The van der Waals surface area contributed by atoms with E-state index >= 15 is 0 Å². The van der Waals surface area contributed by atoms with Gasteiger partial charge in [0.25, 0.3) is 15.9 Å². The van der Waals surface area contributed by atoms with Crippen LogP contribution in [0.25, 0.3) is 0 Å². The monoisotopic (exact) mass is 603 g/mol. The largest absolute Gasteiger partial charge is 0.484 e. The van der Waals surface area contributed by atoms with Gasteiger partial charge in [-0.05, 0) is 66.1 Å². The van der Waals surface area contributed by atoms with Crippen LogP contribution >= 0.6 is 0 Å². The van der Waals surface area contributed by atoms with Gasteiger partial charge in [-0.2, -0.15) is 0 Å². The van der Waals surface area contributed by atoms with Crippen molar-refractivity contribution in [2.24, 2.45) is 0 Å². The van der Waals surface area contributed by atoms with Crippen molar-refractivity contribution in [3.63, 3.8) is 0 Å². The van der Waals surface area contributed by atoms with Gasteiger partial charge in [-0.3, -0.25) is 14.3 Å². The predicted molar refractivity (Wildman–Crippen MR) is 163 cm³/mol. The molecule has 0 radical (unpaired) electrons. The van der Waals surface area contributed by atoms with Crippen molar-refractivity contribution >= 4 is 27.5 Å². The predicted octanol–water partition coefficient (Wildman–Crippen LogP) is 5.17. The number of halogens is 1. The zero-order valence-electron chi connectivity index (χ0n) is 23.8. The van der Waals surface area contributed by atoms with Crippen molar-refractivity contribution in [3.05, 3.63) is 126 Å². The number of rotatable bonds is 14. The number of hydrogen-bond acceptors (Lipinski definition) is 5. The molecule has 8 nitrogen and oxygen atoms in total. The summed E-state index contributed by atoms with van der Waals surface area (Å²) in [4.78, 5) is 28.5. The van der Waals surface area contributed by atoms with Crippen LogP contribution < -0.4 is 14.8 Å². The highest BCUT2D eigenvalue weighted by Gasteiger charge is 2.30. The van der Waals surface area contributed by atoms with Gasteiger partial charge in [-0.25, -0.2) is 12.8 Å². The van der Waals surface area contributed by atoms with Crippen molar-refractivity contribution < 1.29 is 27.1 Å². The second-order valence-electron chi connectivity index (χ2n) is 9.88. The van der Waals surface area contributed by atoms with Gasteiger partial charge in [0.15, 0.2) is 6.61 Å².